The highest BCUT2D eigenvalue weighted by Crippen LogP contribution is 2.38. The zero-order chi connectivity index (χ0) is 23.7. The average molecular weight is 476 g/mol. The van der Waals surface area contributed by atoms with E-state index < -0.39 is 0 Å². The van der Waals surface area contributed by atoms with E-state index in [0.717, 1.165) is 50.5 Å². The average Bonchev–Trinajstić information content (AvgIpc) is 2.80. The smallest absolute Gasteiger partial charge is 0.227 e. The Kier molecular flexibility index (Phi) is 6.28. The van der Waals surface area contributed by atoms with Gasteiger partial charge in [0.15, 0.2) is 5.78 Å². The van der Waals surface area contributed by atoms with E-state index in [1.807, 2.05) is 24.3 Å². The maximum Gasteiger partial charge on any atom is 0.227 e. The fourth-order valence-electron chi connectivity index (χ4n) is 4.80. The summed E-state index contributed by atoms with van der Waals surface area (Å²) in [6, 6.07) is 18.0. The minimum atomic E-state index is -0.109. The molecule has 2 heterocycles. The van der Waals surface area contributed by atoms with Crippen LogP contribution >= 0.6 is 11.6 Å². The second-order valence-corrected chi connectivity index (χ2v) is 10.5. The van der Waals surface area contributed by atoms with E-state index in [4.69, 9.17) is 21.6 Å². The Morgan fingerprint density at radius 2 is 1.65 bits per heavy atom. The highest BCUT2D eigenvalue weighted by Gasteiger charge is 2.35. The number of ketones is 1. The van der Waals surface area contributed by atoms with Crippen LogP contribution in [0.1, 0.15) is 41.9 Å². The molecule has 6 nitrogen and oxygen atoms in total. The van der Waals surface area contributed by atoms with Gasteiger partial charge >= 0.3 is 0 Å². The summed E-state index contributed by atoms with van der Waals surface area (Å²) >= 11 is 6.06. The highest BCUT2D eigenvalue weighted by molar-refractivity contribution is 6.30. The molecular formula is C27H30ClN5O. The maximum atomic E-state index is 13.1. The van der Waals surface area contributed by atoms with Crippen LogP contribution in [0, 0.1) is 5.41 Å². The monoisotopic (exact) mass is 475 g/mol. The molecule has 7 heteroatoms. The summed E-state index contributed by atoms with van der Waals surface area (Å²) < 4.78 is 0. The van der Waals surface area contributed by atoms with Crippen molar-refractivity contribution < 1.29 is 4.79 Å². The number of Topliss-reactive ketones (excluding diaryl/α,β-unsaturated/α-hetero) is 1. The first-order valence-corrected chi connectivity index (χ1v) is 12.2. The Morgan fingerprint density at radius 3 is 2.35 bits per heavy atom. The normalized spacial score (nSPS) is 18.0. The van der Waals surface area contributed by atoms with Crippen LogP contribution < -0.4 is 10.2 Å². The number of hydrogen-bond donors (Lipinski definition) is 1. The second kappa shape index (κ2) is 9.35. The van der Waals surface area contributed by atoms with Gasteiger partial charge in [0, 0.05) is 49.9 Å². The SMILES string of the molecule is CC1(C)CC(=O)c2c(nc(N3CCN(Cc4ccccc4)CC3)nc2Nc2ccc(Cl)cc2)C1. The van der Waals surface area contributed by atoms with Crippen molar-refractivity contribution in [2.24, 2.45) is 5.41 Å². The van der Waals surface area contributed by atoms with Gasteiger partial charge in [0.2, 0.25) is 5.95 Å². The van der Waals surface area contributed by atoms with Crippen molar-refractivity contribution in [1.82, 2.24) is 14.9 Å². The van der Waals surface area contributed by atoms with Crippen molar-refractivity contribution in [3.05, 3.63) is 76.4 Å². The third-order valence-electron chi connectivity index (χ3n) is 6.55. The highest BCUT2D eigenvalue weighted by atomic mass is 35.5. The van der Waals surface area contributed by atoms with Crippen LogP contribution in [0.5, 0.6) is 0 Å². The zero-order valence-electron chi connectivity index (χ0n) is 19.7. The molecule has 0 amide bonds. The number of hydrogen-bond acceptors (Lipinski definition) is 6. The molecule has 3 aromatic rings. The van der Waals surface area contributed by atoms with Gasteiger partial charge in [-0.1, -0.05) is 55.8 Å². The Hall–Kier alpha value is -2.96. The lowest BCUT2D eigenvalue weighted by atomic mass is 9.75. The molecular weight excluding hydrogens is 446 g/mol. The molecule has 2 aromatic carbocycles. The largest absolute Gasteiger partial charge is 0.339 e. The van der Waals surface area contributed by atoms with Gasteiger partial charge in [-0.3, -0.25) is 9.69 Å². The number of anilines is 3. The number of rotatable bonds is 5. The van der Waals surface area contributed by atoms with Crippen LogP contribution in [0.2, 0.25) is 5.02 Å². The predicted molar refractivity (Wildman–Crippen MR) is 137 cm³/mol. The minimum absolute atomic E-state index is 0.0990. The van der Waals surface area contributed by atoms with E-state index in [1.165, 1.54) is 5.56 Å². The quantitative estimate of drug-likeness (QED) is 0.536. The fraction of sp³-hybridized carbons (Fsp3) is 0.370. The van der Waals surface area contributed by atoms with E-state index in [-0.39, 0.29) is 11.2 Å². The molecule has 0 unspecified atom stereocenters. The van der Waals surface area contributed by atoms with Crippen LogP contribution in [0.4, 0.5) is 17.5 Å². The molecule has 0 saturated carbocycles. The van der Waals surface area contributed by atoms with Crippen LogP contribution in [0.25, 0.3) is 0 Å². The summed E-state index contributed by atoms with van der Waals surface area (Å²) in [7, 11) is 0. The topological polar surface area (TPSA) is 61.4 Å². The van der Waals surface area contributed by atoms with Gasteiger partial charge in [0.25, 0.3) is 0 Å². The van der Waals surface area contributed by atoms with Gasteiger partial charge in [0.1, 0.15) is 5.82 Å². The third-order valence-corrected chi connectivity index (χ3v) is 6.80. The number of piperazine rings is 1. The lowest BCUT2D eigenvalue weighted by molar-refractivity contribution is 0.0911. The van der Waals surface area contributed by atoms with E-state index in [0.29, 0.717) is 28.8 Å². The predicted octanol–water partition coefficient (Wildman–Crippen LogP) is 5.35. The van der Waals surface area contributed by atoms with Crippen LogP contribution in [0.3, 0.4) is 0 Å². The van der Waals surface area contributed by atoms with Gasteiger partial charge in [-0.2, -0.15) is 4.98 Å². The number of nitrogens with zero attached hydrogens (tertiary/aromatic N) is 4. The van der Waals surface area contributed by atoms with Gasteiger partial charge in [-0.15, -0.1) is 0 Å². The number of halogens is 1. The van der Waals surface area contributed by atoms with Gasteiger partial charge in [-0.25, -0.2) is 4.98 Å². The van der Waals surface area contributed by atoms with Crippen molar-refractivity contribution >= 4 is 34.8 Å². The van der Waals surface area contributed by atoms with Crippen molar-refractivity contribution in [1.29, 1.82) is 0 Å². The number of benzene rings is 2. The summed E-state index contributed by atoms with van der Waals surface area (Å²) in [4.78, 5) is 27.6. The van der Waals surface area contributed by atoms with E-state index in [9.17, 15) is 4.79 Å². The molecule has 1 N–H and O–H groups in total. The van der Waals surface area contributed by atoms with Crippen molar-refractivity contribution in [3.8, 4) is 0 Å². The van der Waals surface area contributed by atoms with Crippen LogP contribution in [-0.4, -0.2) is 46.8 Å². The molecule has 1 aliphatic carbocycles. The maximum absolute atomic E-state index is 13.1. The minimum Gasteiger partial charge on any atom is -0.339 e. The molecule has 0 radical (unpaired) electrons. The Balaban J connectivity index is 1.40. The molecule has 0 spiro atoms. The van der Waals surface area contributed by atoms with E-state index >= 15 is 0 Å². The van der Waals surface area contributed by atoms with Gasteiger partial charge in [-0.05, 0) is 41.7 Å². The molecule has 2 aliphatic rings. The van der Waals surface area contributed by atoms with Crippen molar-refractivity contribution in [3.63, 3.8) is 0 Å². The molecule has 5 rings (SSSR count). The van der Waals surface area contributed by atoms with Gasteiger partial charge in [0.05, 0.1) is 11.3 Å². The Labute approximate surface area is 206 Å². The first-order chi connectivity index (χ1) is 16.4. The standard InChI is InChI=1S/C27H30ClN5O/c1-27(2)16-22-24(23(34)17-27)25(29-21-10-8-20(28)9-11-21)31-26(30-22)33-14-12-32(13-15-33)18-19-6-4-3-5-7-19/h3-11H,12-18H2,1-2H3,(H,29,30,31). The fourth-order valence-corrected chi connectivity index (χ4v) is 4.93. The molecule has 1 aromatic heterocycles. The van der Waals surface area contributed by atoms with Crippen LogP contribution in [0.15, 0.2) is 54.6 Å². The molecule has 1 aliphatic heterocycles. The first kappa shape index (κ1) is 22.8. The van der Waals surface area contributed by atoms with Crippen molar-refractivity contribution in [2.45, 2.75) is 33.2 Å². The molecule has 34 heavy (non-hydrogen) atoms. The molecule has 0 bridgehead atoms. The Morgan fingerprint density at radius 1 is 0.941 bits per heavy atom. The summed E-state index contributed by atoms with van der Waals surface area (Å²) in [6.45, 7) is 8.80. The van der Waals surface area contributed by atoms with E-state index in [2.05, 4.69) is 59.3 Å². The third kappa shape index (κ3) is 5.08. The lowest BCUT2D eigenvalue weighted by Gasteiger charge is -2.36. The lowest BCUT2D eigenvalue weighted by Crippen LogP contribution is -2.46. The van der Waals surface area contributed by atoms with Crippen LogP contribution in [-0.2, 0) is 13.0 Å². The zero-order valence-corrected chi connectivity index (χ0v) is 20.5. The molecule has 1 saturated heterocycles. The summed E-state index contributed by atoms with van der Waals surface area (Å²) in [6.07, 6.45) is 1.25. The molecule has 176 valence electrons. The number of carbonyl (C=O) groups excluding carboxylic acids is 1. The first-order valence-electron chi connectivity index (χ1n) is 11.8. The summed E-state index contributed by atoms with van der Waals surface area (Å²) in [5, 5.41) is 4.04. The summed E-state index contributed by atoms with van der Waals surface area (Å²) in [5.41, 5.74) is 3.54. The number of carbonyl (C=O) groups is 1. The van der Waals surface area contributed by atoms with Crippen molar-refractivity contribution in [2.75, 3.05) is 36.4 Å². The number of nitrogens with one attached hydrogen (secondary N) is 1. The number of aromatic nitrogens is 2. The molecule has 0 atom stereocenters. The van der Waals surface area contributed by atoms with E-state index in [1.54, 1.807) is 0 Å². The number of fused-ring (bicyclic) bond motifs is 1. The second-order valence-electron chi connectivity index (χ2n) is 10.0. The Bertz CT molecular complexity index is 1170. The molecule has 1 fully saturated rings. The van der Waals surface area contributed by atoms with Gasteiger partial charge < -0.3 is 10.2 Å². The summed E-state index contributed by atoms with van der Waals surface area (Å²) in [5.74, 6) is 1.39.